The molecule has 0 spiro atoms. The predicted octanol–water partition coefficient (Wildman–Crippen LogP) is 3.70. The molecule has 1 unspecified atom stereocenters. The lowest BCUT2D eigenvalue weighted by Crippen LogP contribution is -2.58. The van der Waals surface area contributed by atoms with E-state index in [1.54, 1.807) is 13.0 Å². The van der Waals surface area contributed by atoms with Gasteiger partial charge >= 0.3 is 0 Å². The van der Waals surface area contributed by atoms with E-state index in [9.17, 15) is 9.59 Å². The second-order valence-corrected chi connectivity index (χ2v) is 10.3. The van der Waals surface area contributed by atoms with Crippen LogP contribution in [0.5, 0.6) is 0 Å². The van der Waals surface area contributed by atoms with Crippen molar-refractivity contribution in [3.8, 4) is 0 Å². The number of carbonyl (C=O) groups is 1. The number of nitrogens with one attached hydrogen (secondary N) is 2. The number of nitrogens with zero attached hydrogens (tertiary/aromatic N) is 4. The molecule has 0 saturated heterocycles. The molecule has 2 N–H and O–H groups in total. The van der Waals surface area contributed by atoms with Crippen molar-refractivity contribution in [3.05, 3.63) is 44.6 Å². The van der Waals surface area contributed by atoms with E-state index < -0.39 is 11.6 Å². The first-order valence-corrected chi connectivity index (χ1v) is 11.6. The third kappa shape index (κ3) is 4.10. The van der Waals surface area contributed by atoms with Crippen molar-refractivity contribution in [1.29, 1.82) is 0 Å². The summed E-state index contributed by atoms with van der Waals surface area (Å²) in [7, 11) is 0. The van der Waals surface area contributed by atoms with Gasteiger partial charge in [-0.05, 0) is 49.0 Å². The Morgan fingerprint density at radius 3 is 2.75 bits per heavy atom. The first-order valence-electron chi connectivity index (χ1n) is 10.9. The van der Waals surface area contributed by atoms with Crippen LogP contribution in [0.1, 0.15) is 52.1 Å². The van der Waals surface area contributed by atoms with Crippen molar-refractivity contribution in [2.24, 2.45) is 23.2 Å². The zero-order valence-corrected chi connectivity index (χ0v) is 20.1. The van der Waals surface area contributed by atoms with Crippen molar-refractivity contribution in [2.75, 3.05) is 5.32 Å². The van der Waals surface area contributed by atoms with Gasteiger partial charge in [-0.1, -0.05) is 44.0 Å². The molecule has 0 radical (unpaired) electrons. The van der Waals surface area contributed by atoms with Gasteiger partial charge in [-0.3, -0.25) is 9.59 Å². The number of amides is 1. The number of hydrogen-bond donors (Lipinski definition) is 2. The normalized spacial score (nSPS) is 26.7. The molecule has 5 rings (SSSR count). The van der Waals surface area contributed by atoms with E-state index in [1.807, 2.05) is 0 Å². The summed E-state index contributed by atoms with van der Waals surface area (Å²) in [5.74, 6) is 1.44. The lowest BCUT2D eigenvalue weighted by Gasteiger charge is -2.62. The highest BCUT2D eigenvalue weighted by Crippen LogP contribution is 2.61. The van der Waals surface area contributed by atoms with Crippen LogP contribution in [0.4, 0.5) is 5.69 Å². The van der Waals surface area contributed by atoms with E-state index in [-0.39, 0.29) is 28.7 Å². The minimum Gasteiger partial charge on any atom is -0.379 e. The van der Waals surface area contributed by atoms with Crippen LogP contribution in [0.2, 0.25) is 10.2 Å². The Labute approximate surface area is 197 Å². The molecule has 3 aliphatic rings. The van der Waals surface area contributed by atoms with Gasteiger partial charge in [-0.25, -0.2) is 4.68 Å². The minimum atomic E-state index is -0.503. The van der Waals surface area contributed by atoms with Gasteiger partial charge in [0, 0.05) is 11.6 Å². The van der Waals surface area contributed by atoms with E-state index >= 15 is 0 Å². The van der Waals surface area contributed by atoms with Crippen LogP contribution in [-0.2, 0) is 11.3 Å². The Hall–Kier alpha value is -2.19. The maximum atomic E-state index is 12.7. The van der Waals surface area contributed by atoms with E-state index in [2.05, 4.69) is 46.7 Å². The molecule has 2 bridgehead atoms. The predicted molar refractivity (Wildman–Crippen MR) is 124 cm³/mol. The van der Waals surface area contributed by atoms with E-state index in [0.29, 0.717) is 34.4 Å². The van der Waals surface area contributed by atoms with Crippen molar-refractivity contribution in [2.45, 2.75) is 59.2 Å². The highest BCUT2D eigenvalue weighted by atomic mass is 35.5. The molecule has 2 aromatic rings. The lowest BCUT2D eigenvalue weighted by atomic mass is 9.45. The molecule has 32 heavy (non-hydrogen) atoms. The Bertz CT molecular complexity index is 1090. The van der Waals surface area contributed by atoms with Gasteiger partial charge < -0.3 is 10.6 Å². The number of halogens is 2. The maximum absolute atomic E-state index is 12.7. The Balaban J connectivity index is 1.41. The van der Waals surface area contributed by atoms with Crippen molar-refractivity contribution in [3.63, 3.8) is 0 Å². The Morgan fingerprint density at radius 1 is 1.34 bits per heavy atom. The van der Waals surface area contributed by atoms with Gasteiger partial charge in [0.1, 0.15) is 11.6 Å². The van der Waals surface area contributed by atoms with Crippen molar-refractivity contribution in [1.82, 2.24) is 25.3 Å². The minimum absolute atomic E-state index is 0.0490. The van der Waals surface area contributed by atoms with Crippen LogP contribution < -0.4 is 16.2 Å². The van der Waals surface area contributed by atoms with Gasteiger partial charge in [0.15, 0.2) is 5.15 Å². The molecule has 5 atom stereocenters. The van der Waals surface area contributed by atoms with Crippen molar-refractivity contribution >= 4 is 34.8 Å². The molecule has 3 fully saturated rings. The van der Waals surface area contributed by atoms with E-state index in [1.165, 1.54) is 18.8 Å². The van der Waals surface area contributed by atoms with Gasteiger partial charge in [-0.15, -0.1) is 5.10 Å². The highest BCUT2D eigenvalue weighted by molar-refractivity contribution is 6.33. The number of aromatic nitrogens is 4. The van der Waals surface area contributed by atoms with Crippen molar-refractivity contribution < 1.29 is 4.79 Å². The second-order valence-electron chi connectivity index (χ2n) is 9.61. The van der Waals surface area contributed by atoms with Gasteiger partial charge in [0.05, 0.1) is 24.1 Å². The Kier molecular flexibility index (Phi) is 6.20. The topological polar surface area (TPSA) is 102 Å². The highest BCUT2D eigenvalue weighted by Gasteiger charge is 2.56. The SMILES string of the molecule is CC(NC(=O)Cn1ncc(N[C@@H]2C[C@@H]3C[C@H]([C@H]2C)C3(C)C)c(Cl)c1=O)c1ccnnc1Cl. The molecule has 0 aliphatic heterocycles. The summed E-state index contributed by atoms with van der Waals surface area (Å²) in [6.07, 6.45) is 5.35. The van der Waals surface area contributed by atoms with Crippen LogP contribution in [-0.4, -0.2) is 31.9 Å². The summed E-state index contributed by atoms with van der Waals surface area (Å²) >= 11 is 12.4. The molecule has 1 amide bonds. The molecule has 0 aromatic carbocycles. The smallest absolute Gasteiger partial charge is 0.288 e. The number of anilines is 1. The average Bonchev–Trinajstić information content (AvgIpc) is 2.74. The molecule has 8 nitrogen and oxygen atoms in total. The number of rotatable bonds is 6. The number of carbonyl (C=O) groups excluding carboxylic acids is 1. The van der Waals surface area contributed by atoms with Crippen LogP contribution in [0.3, 0.4) is 0 Å². The fourth-order valence-corrected chi connectivity index (χ4v) is 5.84. The van der Waals surface area contributed by atoms with E-state index in [4.69, 9.17) is 23.2 Å². The first kappa shape index (κ1) is 23.0. The lowest BCUT2D eigenvalue weighted by molar-refractivity contribution is -0.122. The third-order valence-corrected chi connectivity index (χ3v) is 8.18. The summed E-state index contributed by atoms with van der Waals surface area (Å²) in [6.45, 7) is 8.47. The van der Waals surface area contributed by atoms with Gasteiger partial charge in [-0.2, -0.15) is 10.2 Å². The second kappa shape index (κ2) is 8.63. The zero-order valence-electron chi connectivity index (χ0n) is 18.6. The molecule has 3 aliphatic carbocycles. The summed E-state index contributed by atoms with van der Waals surface area (Å²) in [5.41, 5.74) is 1.03. The monoisotopic (exact) mass is 478 g/mol. The average molecular weight is 479 g/mol. The first-order chi connectivity index (χ1) is 15.1. The molecule has 2 heterocycles. The quantitative estimate of drug-likeness (QED) is 0.655. The Morgan fingerprint density at radius 2 is 2.09 bits per heavy atom. The fraction of sp³-hybridized carbons (Fsp3) is 0.591. The standard InChI is InChI=1S/C22H28Cl2N6O2/c1-11-15-7-13(22(15,3)4)8-16(11)28-17-9-26-30(21(32)19(17)23)10-18(31)27-12(2)14-5-6-25-29-20(14)24/h5-6,9,11-13,15-16,28H,7-8,10H2,1-4H3,(H,27,31)/t11-,12?,13+,15-,16-/m1/s1. The molecule has 2 aromatic heterocycles. The van der Waals surface area contributed by atoms with E-state index in [0.717, 1.165) is 11.1 Å². The summed E-state index contributed by atoms with van der Waals surface area (Å²) < 4.78 is 1.06. The van der Waals surface area contributed by atoms with Crippen LogP contribution >= 0.6 is 23.2 Å². The summed E-state index contributed by atoms with van der Waals surface area (Å²) in [6, 6.07) is 1.53. The van der Waals surface area contributed by atoms with Gasteiger partial charge in [0.25, 0.3) is 5.56 Å². The number of fused-ring (bicyclic) bond motifs is 2. The molecular formula is C22H28Cl2N6O2. The molecule has 3 saturated carbocycles. The third-order valence-electron chi connectivity index (χ3n) is 7.52. The maximum Gasteiger partial charge on any atom is 0.288 e. The number of hydrogen-bond acceptors (Lipinski definition) is 6. The molecular weight excluding hydrogens is 451 g/mol. The zero-order chi connectivity index (χ0) is 23.2. The van der Waals surface area contributed by atoms with Gasteiger partial charge in [0.2, 0.25) is 5.91 Å². The summed E-state index contributed by atoms with van der Waals surface area (Å²) in [4.78, 5) is 25.2. The van der Waals surface area contributed by atoms with Crippen LogP contribution in [0, 0.1) is 23.2 Å². The van der Waals surface area contributed by atoms with Crippen LogP contribution in [0.15, 0.2) is 23.3 Å². The largest absolute Gasteiger partial charge is 0.379 e. The fourth-order valence-electron chi connectivity index (χ4n) is 5.37. The van der Waals surface area contributed by atoms with Crippen LogP contribution in [0.25, 0.3) is 0 Å². The molecule has 172 valence electrons. The molecule has 10 heteroatoms. The summed E-state index contributed by atoms with van der Waals surface area (Å²) in [5, 5.41) is 18.1.